The fraction of sp³-hybridized carbons (Fsp3) is 0.857. The highest BCUT2D eigenvalue weighted by Gasteiger charge is 2.51. The molecule has 0 bridgehead atoms. The molecule has 1 N–H and O–H groups in total. The minimum atomic E-state index is -0.0216. The summed E-state index contributed by atoms with van der Waals surface area (Å²) in [6, 6.07) is 0.235. The number of fused-ring (bicyclic) bond motifs is 1. The van der Waals surface area contributed by atoms with E-state index in [2.05, 4.69) is 19.2 Å². The summed E-state index contributed by atoms with van der Waals surface area (Å²) < 4.78 is 0. The molecule has 3 atom stereocenters. The number of hydrogen-bond donors (Lipinski definition) is 1. The van der Waals surface area contributed by atoms with Crippen LogP contribution in [-0.2, 0) is 9.59 Å². The van der Waals surface area contributed by atoms with Crippen LogP contribution in [0.4, 0.5) is 0 Å². The third-order valence-corrected chi connectivity index (χ3v) is 4.41. The van der Waals surface area contributed by atoms with Crippen molar-refractivity contribution >= 4 is 11.8 Å². The maximum absolute atomic E-state index is 12.3. The maximum atomic E-state index is 12.3. The SMILES string of the molecule is CCCC(CN1C(=O)C2CC(C)CC2C1=O)NC. The van der Waals surface area contributed by atoms with Gasteiger partial charge in [0.05, 0.1) is 11.8 Å². The van der Waals surface area contributed by atoms with Gasteiger partial charge in [0.15, 0.2) is 0 Å². The summed E-state index contributed by atoms with van der Waals surface area (Å²) in [6.45, 7) is 4.80. The molecule has 3 unspecified atom stereocenters. The van der Waals surface area contributed by atoms with E-state index in [9.17, 15) is 9.59 Å². The number of likely N-dealkylation sites (tertiary alicyclic amines) is 1. The molecule has 4 heteroatoms. The molecule has 1 heterocycles. The Balaban J connectivity index is 2.03. The van der Waals surface area contributed by atoms with Crippen molar-refractivity contribution in [3.63, 3.8) is 0 Å². The Bertz CT molecular complexity index is 319. The molecule has 4 nitrogen and oxygen atoms in total. The standard InChI is InChI=1S/C14H24N2O2/c1-4-5-10(15-3)8-16-13(17)11-6-9(2)7-12(11)14(16)18/h9-12,15H,4-8H2,1-3H3. The highest BCUT2D eigenvalue weighted by atomic mass is 16.2. The van der Waals surface area contributed by atoms with Gasteiger partial charge in [0.2, 0.25) is 11.8 Å². The van der Waals surface area contributed by atoms with Crippen LogP contribution in [0.15, 0.2) is 0 Å². The van der Waals surface area contributed by atoms with E-state index in [0.717, 1.165) is 25.7 Å². The molecule has 0 aromatic rings. The zero-order valence-electron chi connectivity index (χ0n) is 11.6. The second kappa shape index (κ2) is 5.39. The van der Waals surface area contributed by atoms with Crippen molar-refractivity contribution in [3.8, 4) is 0 Å². The van der Waals surface area contributed by atoms with Gasteiger partial charge in [-0.05, 0) is 32.2 Å². The van der Waals surface area contributed by atoms with Crippen LogP contribution in [0, 0.1) is 17.8 Å². The van der Waals surface area contributed by atoms with Gasteiger partial charge in [-0.3, -0.25) is 14.5 Å². The molecule has 0 spiro atoms. The Labute approximate surface area is 109 Å². The molecule has 2 aliphatic rings. The minimum absolute atomic E-state index is 0.0216. The molecule has 0 radical (unpaired) electrons. The predicted molar refractivity (Wildman–Crippen MR) is 69.9 cm³/mol. The summed E-state index contributed by atoms with van der Waals surface area (Å²) in [7, 11) is 1.90. The largest absolute Gasteiger partial charge is 0.315 e. The highest BCUT2D eigenvalue weighted by molar-refractivity contribution is 6.05. The zero-order valence-corrected chi connectivity index (χ0v) is 11.6. The average molecular weight is 252 g/mol. The number of nitrogens with zero attached hydrogens (tertiary/aromatic N) is 1. The lowest BCUT2D eigenvalue weighted by atomic mass is 10.00. The Morgan fingerprint density at radius 3 is 2.28 bits per heavy atom. The summed E-state index contributed by atoms with van der Waals surface area (Å²) in [5.74, 6) is 0.625. The van der Waals surface area contributed by atoms with E-state index in [4.69, 9.17) is 0 Å². The van der Waals surface area contributed by atoms with Gasteiger partial charge < -0.3 is 5.32 Å². The van der Waals surface area contributed by atoms with E-state index < -0.39 is 0 Å². The van der Waals surface area contributed by atoms with E-state index in [-0.39, 0.29) is 29.7 Å². The third kappa shape index (κ3) is 2.30. The molecule has 0 aromatic carbocycles. The third-order valence-electron chi connectivity index (χ3n) is 4.41. The van der Waals surface area contributed by atoms with Gasteiger partial charge in [-0.1, -0.05) is 20.3 Å². The normalized spacial score (nSPS) is 33.1. The summed E-state index contributed by atoms with van der Waals surface area (Å²) in [4.78, 5) is 26.1. The van der Waals surface area contributed by atoms with Crippen molar-refractivity contribution < 1.29 is 9.59 Å². The van der Waals surface area contributed by atoms with Gasteiger partial charge in [0.25, 0.3) is 0 Å². The number of nitrogens with one attached hydrogen (secondary N) is 1. The number of carbonyl (C=O) groups is 2. The molecule has 102 valence electrons. The molecule has 2 amide bonds. The van der Waals surface area contributed by atoms with Crippen LogP contribution in [0.25, 0.3) is 0 Å². The van der Waals surface area contributed by atoms with Gasteiger partial charge in [0, 0.05) is 12.6 Å². The number of likely N-dealkylation sites (N-methyl/N-ethyl adjacent to an activating group) is 1. The monoisotopic (exact) mass is 252 g/mol. The maximum Gasteiger partial charge on any atom is 0.233 e. The van der Waals surface area contributed by atoms with E-state index in [1.165, 1.54) is 4.90 Å². The topological polar surface area (TPSA) is 49.4 Å². The predicted octanol–water partition coefficient (Wildman–Crippen LogP) is 1.41. The molecule has 1 aliphatic carbocycles. The first kappa shape index (κ1) is 13.5. The van der Waals surface area contributed by atoms with Gasteiger partial charge in [-0.15, -0.1) is 0 Å². The molecular weight excluding hydrogens is 228 g/mol. The number of rotatable bonds is 5. The fourth-order valence-corrected chi connectivity index (χ4v) is 3.42. The van der Waals surface area contributed by atoms with Gasteiger partial charge in [0.1, 0.15) is 0 Å². The van der Waals surface area contributed by atoms with Crippen molar-refractivity contribution in [3.05, 3.63) is 0 Å². The van der Waals surface area contributed by atoms with Crippen molar-refractivity contribution in [2.24, 2.45) is 17.8 Å². The van der Waals surface area contributed by atoms with Crippen molar-refractivity contribution in [2.75, 3.05) is 13.6 Å². The van der Waals surface area contributed by atoms with Crippen LogP contribution in [0.2, 0.25) is 0 Å². The molecule has 0 aromatic heterocycles. The number of hydrogen-bond acceptors (Lipinski definition) is 3. The summed E-state index contributed by atoms with van der Waals surface area (Å²) >= 11 is 0. The van der Waals surface area contributed by atoms with Crippen molar-refractivity contribution in [1.29, 1.82) is 0 Å². The van der Waals surface area contributed by atoms with E-state index >= 15 is 0 Å². The van der Waals surface area contributed by atoms with Gasteiger partial charge in [-0.25, -0.2) is 0 Å². The fourth-order valence-electron chi connectivity index (χ4n) is 3.42. The van der Waals surface area contributed by atoms with Crippen molar-refractivity contribution in [1.82, 2.24) is 10.2 Å². The van der Waals surface area contributed by atoms with Crippen LogP contribution in [-0.4, -0.2) is 36.3 Å². The number of amides is 2. The lowest BCUT2D eigenvalue weighted by molar-refractivity contribution is -0.140. The molecule has 1 saturated heterocycles. The lowest BCUT2D eigenvalue weighted by Crippen LogP contribution is -2.43. The molecule has 1 aliphatic heterocycles. The zero-order chi connectivity index (χ0) is 13.3. The summed E-state index contributed by atoms with van der Waals surface area (Å²) in [5.41, 5.74) is 0. The first-order valence-electron chi connectivity index (χ1n) is 7.10. The second-order valence-corrected chi connectivity index (χ2v) is 5.85. The first-order valence-corrected chi connectivity index (χ1v) is 7.10. The highest BCUT2D eigenvalue weighted by Crippen LogP contribution is 2.42. The summed E-state index contributed by atoms with van der Waals surface area (Å²) in [6.07, 6.45) is 3.85. The smallest absolute Gasteiger partial charge is 0.233 e. The molecule has 18 heavy (non-hydrogen) atoms. The lowest BCUT2D eigenvalue weighted by Gasteiger charge is -2.23. The van der Waals surface area contributed by atoms with Crippen LogP contribution in [0.5, 0.6) is 0 Å². The Morgan fingerprint density at radius 2 is 1.83 bits per heavy atom. The Kier molecular flexibility index (Phi) is 4.05. The molecule has 2 fully saturated rings. The number of carbonyl (C=O) groups excluding carboxylic acids is 2. The summed E-state index contributed by atoms with van der Waals surface area (Å²) in [5, 5.41) is 3.20. The van der Waals surface area contributed by atoms with E-state index in [0.29, 0.717) is 12.5 Å². The van der Waals surface area contributed by atoms with Gasteiger partial charge in [-0.2, -0.15) is 0 Å². The van der Waals surface area contributed by atoms with E-state index in [1.54, 1.807) is 0 Å². The quantitative estimate of drug-likeness (QED) is 0.753. The van der Waals surface area contributed by atoms with Gasteiger partial charge >= 0.3 is 0 Å². The average Bonchev–Trinajstić information content (AvgIpc) is 2.82. The minimum Gasteiger partial charge on any atom is -0.315 e. The van der Waals surface area contributed by atoms with Crippen LogP contribution in [0.1, 0.15) is 39.5 Å². The van der Waals surface area contributed by atoms with Crippen LogP contribution >= 0.6 is 0 Å². The van der Waals surface area contributed by atoms with Crippen molar-refractivity contribution in [2.45, 2.75) is 45.6 Å². The molecular formula is C14H24N2O2. The Hall–Kier alpha value is -0.900. The molecule has 2 rings (SSSR count). The Morgan fingerprint density at radius 1 is 1.28 bits per heavy atom. The first-order chi connectivity index (χ1) is 8.58. The van der Waals surface area contributed by atoms with Crippen LogP contribution < -0.4 is 5.32 Å². The number of imide groups is 1. The molecule has 1 saturated carbocycles. The van der Waals surface area contributed by atoms with E-state index in [1.807, 2.05) is 7.05 Å². The van der Waals surface area contributed by atoms with Crippen LogP contribution in [0.3, 0.4) is 0 Å². The second-order valence-electron chi connectivity index (χ2n) is 5.85.